The van der Waals surface area contributed by atoms with Gasteiger partial charge in [-0.2, -0.15) is 0 Å². The summed E-state index contributed by atoms with van der Waals surface area (Å²) < 4.78 is 0. The predicted molar refractivity (Wildman–Crippen MR) is 65.0 cm³/mol. The normalized spacial score (nSPS) is 19.0. The molecular weight excluding hydrogens is 202 g/mol. The number of aliphatic hydroxyl groups excluding tert-OH is 1. The summed E-state index contributed by atoms with van der Waals surface area (Å²) in [6, 6.07) is 0.124. The van der Waals surface area contributed by atoms with E-state index in [1.54, 1.807) is 0 Å². The number of nitrogens with one attached hydrogen (secondary N) is 1. The van der Waals surface area contributed by atoms with E-state index in [2.05, 4.69) is 19.2 Å². The zero-order valence-corrected chi connectivity index (χ0v) is 10.5. The predicted octanol–water partition coefficient (Wildman–Crippen LogP) is 2.09. The number of hydrogen-bond donors (Lipinski definition) is 2. The summed E-state index contributed by atoms with van der Waals surface area (Å²) in [6.45, 7) is 4.30. The summed E-state index contributed by atoms with van der Waals surface area (Å²) in [5.41, 5.74) is 0. The van der Waals surface area contributed by atoms with Gasteiger partial charge in [0.15, 0.2) is 0 Å². The second kappa shape index (κ2) is 6.89. The Labute approximate surface area is 98.6 Å². The van der Waals surface area contributed by atoms with Crippen LogP contribution < -0.4 is 5.32 Å². The van der Waals surface area contributed by atoms with Gasteiger partial charge in [-0.1, -0.05) is 26.7 Å². The van der Waals surface area contributed by atoms with Crippen LogP contribution >= 0.6 is 0 Å². The van der Waals surface area contributed by atoms with Crippen molar-refractivity contribution in [3.63, 3.8) is 0 Å². The van der Waals surface area contributed by atoms with Crippen molar-refractivity contribution in [1.82, 2.24) is 5.32 Å². The number of aliphatic hydroxyl groups is 1. The van der Waals surface area contributed by atoms with Crippen molar-refractivity contribution in [2.24, 2.45) is 11.8 Å². The number of hydrogen-bond acceptors (Lipinski definition) is 2. The lowest BCUT2D eigenvalue weighted by Crippen LogP contribution is -2.39. The third-order valence-electron chi connectivity index (χ3n) is 3.54. The number of rotatable bonds is 6. The summed E-state index contributed by atoms with van der Waals surface area (Å²) in [5.74, 6) is 1.15. The molecule has 0 aliphatic heterocycles. The highest BCUT2D eigenvalue weighted by molar-refractivity contribution is 5.76. The van der Waals surface area contributed by atoms with E-state index in [9.17, 15) is 4.79 Å². The summed E-state index contributed by atoms with van der Waals surface area (Å²) in [6.07, 6.45) is 6.31. The molecule has 3 heteroatoms. The fraction of sp³-hybridized carbons (Fsp3) is 0.923. The van der Waals surface area contributed by atoms with E-state index in [-0.39, 0.29) is 18.6 Å². The molecule has 1 fully saturated rings. The first-order valence-electron chi connectivity index (χ1n) is 6.53. The number of amides is 1. The molecule has 0 bridgehead atoms. The standard InChI is InChI=1S/C13H25NO2/c1-10(2)12(7-8-15)14-13(16)9-11-5-3-4-6-11/h10-12,15H,3-9H2,1-2H3,(H,14,16). The smallest absolute Gasteiger partial charge is 0.220 e. The van der Waals surface area contributed by atoms with Crippen molar-refractivity contribution >= 4 is 5.91 Å². The van der Waals surface area contributed by atoms with Crippen molar-refractivity contribution in [3.05, 3.63) is 0 Å². The largest absolute Gasteiger partial charge is 0.396 e. The van der Waals surface area contributed by atoms with Crippen LogP contribution in [-0.2, 0) is 4.79 Å². The van der Waals surface area contributed by atoms with E-state index in [1.165, 1.54) is 25.7 Å². The zero-order valence-electron chi connectivity index (χ0n) is 10.5. The molecule has 1 aliphatic rings. The third-order valence-corrected chi connectivity index (χ3v) is 3.54. The molecule has 1 atom stereocenters. The van der Waals surface area contributed by atoms with E-state index in [1.807, 2.05) is 0 Å². The number of carbonyl (C=O) groups is 1. The molecule has 1 saturated carbocycles. The van der Waals surface area contributed by atoms with Crippen molar-refractivity contribution in [2.75, 3.05) is 6.61 Å². The van der Waals surface area contributed by atoms with Crippen LogP contribution in [0.5, 0.6) is 0 Å². The molecule has 0 spiro atoms. The fourth-order valence-corrected chi connectivity index (χ4v) is 2.45. The molecule has 1 rings (SSSR count). The van der Waals surface area contributed by atoms with Crippen molar-refractivity contribution in [2.45, 2.75) is 58.4 Å². The lowest BCUT2D eigenvalue weighted by molar-refractivity contribution is -0.123. The lowest BCUT2D eigenvalue weighted by atomic mass is 9.99. The molecule has 0 aromatic carbocycles. The molecule has 0 aromatic rings. The molecule has 1 aliphatic carbocycles. The second-order valence-electron chi connectivity index (χ2n) is 5.28. The number of carbonyl (C=O) groups excluding carboxylic acids is 1. The van der Waals surface area contributed by atoms with Crippen molar-refractivity contribution in [1.29, 1.82) is 0 Å². The van der Waals surface area contributed by atoms with Crippen LogP contribution in [0.2, 0.25) is 0 Å². The van der Waals surface area contributed by atoms with Crippen LogP contribution in [-0.4, -0.2) is 23.7 Å². The average molecular weight is 227 g/mol. The Kier molecular flexibility index (Phi) is 5.81. The Morgan fingerprint density at radius 1 is 1.38 bits per heavy atom. The third kappa shape index (κ3) is 4.52. The van der Waals surface area contributed by atoms with Gasteiger partial charge in [0.05, 0.1) is 0 Å². The summed E-state index contributed by atoms with van der Waals surface area (Å²) in [4.78, 5) is 11.8. The van der Waals surface area contributed by atoms with Gasteiger partial charge in [-0.15, -0.1) is 0 Å². The van der Waals surface area contributed by atoms with Gasteiger partial charge >= 0.3 is 0 Å². The maximum atomic E-state index is 11.8. The molecular formula is C13H25NO2. The van der Waals surface area contributed by atoms with Gasteiger partial charge in [0.25, 0.3) is 0 Å². The van der Waals surface area contributed by atoms with Gasteiger partial charge in [0.1, 0.15) is 0 Å². The maximum Gasteiger partial charge on any atom is 0.220 e. The van der Waals surface area contributed by atoms with Gasteiger partial charge in [0.2, 0.25) is 5.91 Å². The van der Waals surface area contributed by atoms with Gasteiger partial charge in [-0.05, 0) is 31.1 Å². The Hall–Kier alpha value is -0.570. The average Bonchev–Trinajstić information content (AvgIpc) is 2.69. The molecule has 1 amide bonds. The monoisotopic (exact) mass is 227 g/mol. The first kappa shape index (κ1) is 13.5. The van der Waals surface area contributed by atoms with E-state index >= 15 is 0 Å². The van der Waals surface area contributed by atoms with Crippen molar-refractivity contribution in [3.8, 4) is 0 Å². The van der Waals surface area contributed by atoms with E-state index in [0.29, 0.717) is 24.7 Å². The molecule has 16 heavy (non-hydrogen) atoms. The molecule has 0 heterocycles. The summed E-state index contributed by atoms with van der Waals surface area (Å²) in [7, 11) is 0. The fourth-order valence-electron chi connectivity index (χ4n) is 2.45. The second-order valence-corrected chi connectivity index (χ2v) is 5.28. The first-order valence-corrected chi connectivity index (χ1v) is 6.53. The van der Waals surface area contributed by atoms with E-state index < -0.39 is 0 Å². The Bertz CT molecular complexity index is 210. The lowest BCUT2D eigenvalue weighted by Gasteiger charge is -2.22. The van der Waals surface area contributed by atoms with Gasteiger partial charge in [-0.3, -0.25) is 4.79 Å². The van der Waals surface area contributed by atoms with E-state index in [4.69, 9.17) is 5.11 Å². The molecule has 3 nitrogen and oxygen atoms in total. The molecule has 1 unspecified atom stereocenters. The summed E-state index contributed by atoms with van der Waals surface area (Å²) in [5, 5.41) is 12.0. The minimum absolute atomic E-state index is 0.124. The summed E-state index contributed by atoms with van der Waals surface area (Å²) >= 11 is 0. The van der Waals surface area contributed by atoms with Crippen molar-refractivity contribution < 1.29 is 9.90 Å². The minimum atomic E-state index is 0.124. The van der Waals surface area contributed by atoms with Crippen LogP contribution in [0.25, 0.3) is 0 Å². The van der Waals surface area contributed by atoms with Crippen LogP contribution in [0.15, 0.2) is 0 Å². The minimum Gasteiger partial charge on any atom is -0.396 e. The maximum absolute atomic E-state index is 11.8. The van der Waals surface area contributed by atoms with E-state index in [0.717, 1.165) is 0 Å². The topological polar surface area (TPSA) is 49.3 Å². The van der Waals surface area contributed by atoms with Crippen LogP contribution in [0, 0.1) is 11.8 Å². The Morgan fingerprint density at radius 2 is 2.00 bits per heavy atom. The molecule has 0 saturated heterocycles. The van der Waals surface area contributed by atoms with Gasteiger partial charge < -0.3 is 10.4 Å². The highest BCUT2D eigenvalue weighted by Gasteiger charge is 2.21. The van der Waals surface area contributed by atoms with Gasteiger partial charge in [0, 0.05) is 19.1 Å². The van der Waals surface area contributed by atoms with Crippen LogP contribution in [0.3, 0.4) is 0 Å². The highest BCUT2D eigenvalue weighted by Crippen LogP contribution is 2.27. The highest BCUT2D eigenvalue weighted by atomic mass is 16.3. The molecule has 0 radical (unpaired) electrons. The van der Waals surface area contributed by atoms with Gasteiger partial charge in [-0.25, -0.2) is 0 Å². The Balaban J connectivity index is 2.29. The molecule has 94 valence electrons. The quantitative estimate of drug-likeness (QED) is 0.730. The van der Waals surface area contributed by atoms with Crippen LogP contribution in [0.4, 0.5) is 0 Å². The first-order chi connectivity index (χ1) is 7.63. The Morgan fingerprint density at radius 3 is 2.50 bits per heavy atom. The molecule has 2 N–H and O–H groups in total. The van der Waals surface area contributed by atoms with Crippen LogP contribution in [0.1, 0.15) is 52.4 Å². The SMILES string of the molecule is CC(C)C(CCO)NC(=O)CC1CCCC1. The zero-order chi connectivity index (χ0) is 12.0. The molecule has 0 aromatic heterocycles.